The van der Waals surface area contributed by atoms with E-state index in [9.17, 15) is 0 Å². The summed E-state index contributed by atoms with van der Waals surface area (Å²) in [5.41, 5.74) is 2.88. The Morgan fingerprint density at radius 3 is 2.13 bits per heavy atom. The third-order valence-corrected chi connectivity index (χ3v) is 2.70. The summed E-state index contributed by atoms with van der Waals surface area (Å²) in [5, 5.41) is 3.21. The smallest absolute Gasteiger partial charge is 0.00144 e. The minimum absolute atomic E-state index is 0.600. The zero-order valence-corrected chi connectivity index (χ0v) is 10.4. The molecule has 0 aliphatic rings. The fourth-order valence-corrected chi connectivity index (χ4v) is 1.88. The van der Waals surface area contributed by atoms with E-state index in [4.69, 9.17) is 0 Å². The highest BCUT2D eigenvalue weighted by atomic mass is 14.8. The van der Waals surface area contributed by atoms with E-state index in [1.54, 1.807) is 0 Å². The first-order valence-electron chi connectivity index (χ1n) is 5.87. The van der Waals surface area contributed by atoms with E-state index < -0.39 is 0 Å². The molecule has 1 atom stereocenters. The second-order valence-electron chi connectivity index (χ2n) is 4.80. The summed E-state index contributed by atoms with van der Waals surface area (Å²) in [4.78, 5) is 0. The fraction of sp³-hybridized carbons (Fsp3) is 0.571. The minimum atomic E-state index is 0.600. The van der Waals surface area contributed by atoms with E-state index in [1.807, 2.05) is 7.05 Å². The molecule has 0 saturated heterocycles. The molecular formula is C14H23N. The molecule has 1 nitrogen and oxygen atoms in total. The fourth-order valence-electron chi connectivity index (χ4n) is 1.88. The van der Waals surface area contributed by atoms with E-state index in [1.165, 1.54) is 17.5 Å². The zero-order valence-electron chi connectivity index (χ0n) is 10.4. The number of nitrogens with one attached hydrogen (secondary N) is 1. The van der Waals surface area contributed by atoms with Gasteiger partial charge in [0, 0.05) is 6.54 Å². The monoisotopic (exact) mass is 205 g/mol. The predicted octanol–water partition coefficient (Wildman–Crippen LogP) is 3.21. The van der Waals surface area contributed by atoms with Crippen molar-refractivity contribution in [3.63, 3.8) is 0 Å². The van der Waals surface area contributed by atoms with Crippen LogP contribution in [0.1, 0.15) is 37.8 Å². The lowest BCUT2D eigenvalue weighted by Gasteiger charge is -2.12. The van der Waals surface area contributed by atoms with Gasteiger partial charge in [-0.05, 0) is 36.4 Å². The molecule has 0 aliphatic heterocycles. The molecule has 0 radical (unpaired) electrons. The normalized spacial score (nSPS) is 13.1. The first-order chi connectivity index (χ1) is 7.13. The van der Waals surface area contributed by atoms with Crippen molar-refractivity contribution in [3.8, 4) is 0 Å². The van der Waals surface area contributed by atoms with Crippen LogP contribution in [0, 0.1) is 5.92 Å². The maximum Gasteiger partial charge on any atom is 0.00144 e. The number of rotatable bonds is 5. The minimum Gasteiger partial charge on any atom is -0.319 e. The molecule has 1 aromatic rings. The first-order valence-corrected chi connectivity index (χ1v) is 5.87. The maximum absolute atomic E-state index is 3.21. The van der Waals surface area contributed by atoms with Crippen LogP contribution in [0.2, 0.25) is 0 Å². The molecule has 1 rings (SSSR count). The SMILES string of the molecule is CNCC(C)c1ccc(CC(C)C)cc1. The van der Waals surface area contributed by atoms with E-state index in [-0.39, 0.29) is 0 Å². The van der Waals surface area contributed by atoms with Gasteiger partial charge in [-0.1, -0.05) is 45.0 Å². The Kier molecular flexibility index (Phi) is 4.83. The summed E-state index contributed by atoms with van der Waals surface area (Å²) in [6.45, 7) is 7.83. The third kappa shape index (κ3) is 4.05. The molecule has 0 aliphatic carbocycles. The lowest BCUT2D eigenvalue weighted by molar-refractivity contribution is 0.645. The van der Waals surface area contributed by atoms with Crippen LogP contribution >= 0.6 is 0 Å². The van der Waals surface area contributed by atoms with Gasteiger partial charge in [-0.25, -0.2) is 0 Å². The molecule has 0 bridgehead atoms. The Morgan fingerprint density at radius 1 is 1.07 bits per heavy atom. The molecule has 0 amide bonds. The Bertz CT molecular complexity index is 274. The van der Waals surface area contributed by atoms with Crippen LogP contribution in [-0.4, -0.2) is 13.6 Å². The van der Waals surface area contributed by atoms with Crippen LogP contribution < -0.4 is 5.32 Å². The second kappa shape index (κ2) is 5.92. The van der Waals surface area contributed by atoms with Crippen molar-refractivity contribution in [3.05, 3.63) is 35.4 Å². The van der Waals surface area contributed by atoms with Gasteiger partial charge in [0.15, 0.2) is 0 Å². The molecule has 1 unspecified atom stereocenters. The van der Waals surface area contributed by atoms with Crippen LogP contribution in [0.4, 0.5) is 0 Å². The zero-order chi connectivity index (χ0) is 11.3. The molecule has 0 heterocycles. The highest BCUT2D eigenvalue weighted by molar-refractivity contribution is 5.25. The van der Waals surface area contributed by atoms with Gasteiger partial charge < -0.3 is 5.32 Å². The standard InChI is InChI=1S/C14H23N/c1-11(2)9-13-5-7-14(8-6-13)12(3)10-15-4/h5-8,11-12,15H,9-10H2,1-4H3. The van der Waals surface area contributed by atoms with Crippen molar-refractivity contribution in [1.29, 1.82) is 0 Å². The average molecular weight is 205 g/mol. The predicted molar refractivity (Wildman–Crippen MR) is 67.3 cm³/mol. The highest BCUT2D eigenvalue weighted by Crippen LogP contribution is 2.16. The largest absolute Gasteiger partial charge is 0.319 e. The van der Waals surface area contributed by atoms with Gasteiger partial charge in [0.2, 0.25) is 0 Å². The molecule has 1 aromatic carbocycles. The number of benzene rings is 1. The summed E-state index contributed by atoms with van der Waals surface area (Å²) in [5.74, 6) is 1.34. The number of hydrogen-bond acceptors (Lipinski definition) is 1. The van der Waals surface area contributed by atoms with Gasteiger partial charge in [-0.3, -0.25) is 0 Å². The lowest BCUT2D eigenvalue weighted by atomic mass is 9.97. The molecule has 0 fully saturated rings. The molecule has 0 spiro atoms. The summed E-state index contributed by atoms with van der Waals surface area (Å²) < 4.78 is 0. The van der Waals surface area contributed by atoms with Crippen molar-refractivity contribution in [1.82, 2.24) is 5.32 Å². The summed E-state index contributed by atoms with van der Waals surface area (Å²) in [6.07, 6.45) is 1.18. The summed E-state index contributed by atoms with van der Waals surface area (Å²) in [7, 11) is 2.00. The van der Waals surface area contributed by atoms with Gasteiger partial charge in [0.1, 0.15) is 0 Å². The van der Waals surface area contributed by atoms with Gasteiger partial charge >= 0.3 is 0 Å². The summed E-state index contributed by atoms with van der Waals surface area (Å²) in [6, 6.07) is 9.06. The van der Waals surface area contributed by atoms with Crippen molar-refractivity contribution >= 4 is 0 Å². The molecular weight excluding hydrogens is 182 g/mol. The van der Waals surface area contributed by atoms with Gasteiger partial charge in [0.05, 0.1) is 0 Å². The van der Waals surface area contributed by atoms with Crippen LogP contribution in [0.25, 0.3) is 0 Å². The van der Waals surface area contributed by atoms with Gasteiger partial charge in [-0.15, -0.1) is 0 Å². The van der Waals surface area contributed by atoms with Crippen LogP contribution in [0.15, 0.2) is 24.3 Å². The first kappa shape index (κ1) is 12.3. The molecule has 84 valence electrons. The van der Waals surface area contributed by atoms with Crippen molar-refractivity contribution in [2.75, 3.05) is 13.6 Å². The maximum atomic E-state index is 3.21. The molecule has 15 heavy (non-hydrogen) atoms. The quantitative estimate of drug-likeness (QED) is 0.778. The molecule has 0 aromatic heterocycles. The Morgan fingerprint density at radius 2 is 1.67 bits per heavy atom. The Hall–Kier alpha value is -0.820. The van der Waals surface area contributed by atoms with E-state index in [0.717, 1.165) is 12.5 Å². The van der Waals surface area contributed by atoms with Gasteiger partial charge in [0.25, 0.3) is 0 Å². The second-order valence-corrected chi connectivity index (χ2v) is 4.80. The van der Waals surface area contributed by atoms with Crippen LogP contribution in [-0.2, 0) is 6.42 Å². The van der Waals surface area contributed by atoms with Crippen molar-refractivity contribution in [2.45, 2.75) is 33.1 Å². The van der Waals surface area contributed by atoms with E-state index >= 15 is 0 Å². The van der Waals surface area contributed by atoms with Crippen LogP contribution in [0.3, 0.4) is 0 Å². The number of likely N-dealkylation sites (N-methyl/N-ethyl adjacent to an activating group) is 1. The van der Waals surface area contributed by atoms with E-state index in [0.29, 0.717) is 5.92 Å². The molecule has 0 saturated carbocycles. The van der Waals surface area contributed by atoms with E-state index in [2.05, 4.69) is 50.4 Å². The lowest BCUT2D eigenvalue weighted by Crippen LogP contribution is -2.14. The molecule has 1 N–H and O–H groups in total. The topological polar surface area (TPSA) is 12.0 Å². The highest BCUT2D eigenvalue weighted by Gasteiger charge is 2.04. The van der Waals surface area contributed by atoms with Gasteiger partial charge in [-0.2, -0.15) is 0 Å². The van der Waals surface area contributed by atoms with Crippen molar-refractivity contribution < 1.29 is 0 Å². The number of hydrogen-bond donors (Lipinski definition) is 1. The van der Waals surface area contributed by atoms with Crippen molar-refractivity contribution in [2.24, 2.45) is 5.92 Å². The Labute approximate surface area is 93.9 Å². The average Bonchev–Trinajstić information content (AvgIpc) is 2.18. The van der Waals surface area contributed by atoms with Crippen LogP contribution in [0.5, 0.6) is 0 Å². The third-order valence-electron chi connectivity index (χ3n) is 2.70. The Balaban J connectivity index is 2.63. The summed E-state index contributed by atoms with van der Waals surface area (Å²) >= 11 is 0. The molecule has 1 heteroatoms.